The molecule has 0 atom stereocenters. The van der Waals surface area contributed by atoms with Gasteiger partial charge >= 0.3 is 0 Å². The van der Waals surface area contributed by atoms with Gasteiger partial charge < -0.3 is 10.2 Å². The fourth-order valence-corrected chi connectivity index (χ4v) is 2.61. The zero-order chi connectivity index (χ0) is 14.4. The summed E-state index contributed by atoms with van der Waals surface area (Å²) < 4.78 is 0. The third kappa shape index (κ3) is 4.47. The minimum atomic E-state index is 0.127. The molecule has 0 unspecified atom stereocenters. The van der Waals surface area contributed by atoms with Gasteiger partial charge in [-0.2, -0.15) is 0 Å². The number of anilines is 1. The molecule has 1 amide bonds. The summed E-state index contributed by atoms with van der Waals surface area (Å²) in [6.45, 7) is 0.479. The molecule has 1 heterocycles. The van der Waals surface area contributed by atoms with Gasteiger partial charge in [0.15, 0.2) is 0 Å². The number of nitrogens with zero attached hydrogens (tertiary/aromatic N) is 3. The van der Waals surface area contributed by atoms with Crippen molar-refractivity contribution in [2.45, 2.75) is 45.1 Å². The second kappa shape index (κ2) is 7.22. The summed E-state index contributed by atoms with van der Waals surface area (Å²) in [5.74, 6) is 1.56. The number of hydrogen-bond donors (Lipinski definition) is 1. The van der Waals surface area contributed by atoms with E-state index in [1.165, 1.54) is 25.7 Å². The molecule has 1 aliphatic rings. The Morgan fingerprint density at radius 1 is 1.40 bits per heavy atom. The Morgan fingerprint density at radius 2 is 2.15 bits per heavy atom. The summed E-state index contributed by atoms with van der Waals surface area (Å²) >= 11 is 0. The number of carbonyl (C=O) groups is 1. The molecule has 0 radical (unpaired) electrons. The smallest absolute Gasteiger partial charge is 0.225 e. The van der Waals surface area contributed by atoms with Gasteiger partial charge in [-0.1, -0.05) is 25.7 Å². The van der Waals surface area contributed by atoms with Crippen molar-refractivity contribution < 1.29 is 4.79 Å². The van der Waals surface area contributed by atoms with Gasteiger partial charge in [-0.05, 0) is 18.4 Å². The zero-order valence-corrected chi connectivity index (χ0v) is 12.4. The minimum absolute atomic E-state index is 0.127. The first kappa shape index (κ1) is 14.8. The summed E-state index contributed by atoms with van der Waals surface area (Å²) in [4.78, 5) is 22.2. The van der Waals surface area contributed by atoms with E-state index in [-0.39, 0.29) is 5.91 Å². The molecule has 5 nitrogen and oxygen atoms in total. The molecule has 1 aliphatic carbocycles. The molecule has 1 N–H and O–H groups in total. The van der Waals surface area contributed by atoms with Crippen LogP contribution in [0.3, 0.4) is 0 Å². The van der Waals surface area contributed by atoms with Crippen LogP contribution in [0.4, 0.5) is 5.95 Å². The summed E-state index contributed by atoms with van der Waals surface area (Å²) in [5.41, 5.74) is 0.845. The average Bonchev–Trinajstić information content (AvgIpc) is 2.96. The lowest BCUT2D eigenvalue weighted by Gasteiger charge is -2.11. The van der Waals surface area contributed by atoms with E-state index in [1.54, 1.807) is 6.20 Å². The minimum Gasteiger partial charge on any atom is -0.350 e. The van der Waals surface area contributed by atoms with Crippen LogP contribution >= 0.6 is 0 Å². The van der Waals surface area contributed by atoms with E-state index in [1.807, 2.05) is 25.1 Å². The average molecular weight is 276 g/mol. The standard InChI is InChI=1S/C15H24N4O/c1-19(2)15-16-10-9-13(18-15)11-17-14(20)8-7-12-5-3-4-6-12/h9-10,12H,3-8,11H2,1-2H3,(H,17,20). The van der Waals surface area contributed by atoms with Gasteiger partial charge in [0, 0.05) is 26.7 Å². The fourth-order valence-electron chi connectivity index (χ4n) is 2.61. The van der Waals surface area contributed by atoms with Crippen molar-refractivity contribution in [2.75, 3.05) is 19.0 Å². The van der Waals surface area contributed by atoms with E-state index in [0.717, 1.165) is 18.0 Å². The molecule has 0 aliphatic heterocycles. The summed E-state index contributed by atoms with van der Waals surface area (Å²) in [5, 5.41) is 2.94. The highest BCUT2D eigenvalue weighted by molar-refractivity contribution is 5.75. The highest BCUT2D eigenvalue weighted by Crippen LogP contribution is 2.28. The number of aromatic nitrogens is 2. The second-order valence-electron chi connectivity index (χ2n) is 5.71. The summed E-state index contributed by atoms with van der Waals surface area (Å²) in [6.07, 6.45) is 8.65. The summed E-state index contributed by atoms with van der Waals surface area (Å²) in [7, 11) is 3.80. The first-order valence-corrected chi connectivity index (χ1v) is 7.41. The first-order chi connectivity index (χ1) is 9.65. The molecule has 1 aromatic rings. The molecular formula is C15H24N4O. The first-order valence-electron chi connectivity index (χ1n) is 7.41. The predicted octanol–water partition coefficient (Wildman–Crippen LogP) is 2.13. The molecule has 1 aromatic heterocycles. The number of carbonyl (C=O) groups excluding carboxylic acids is 1. The maximum absolute atomic E-state index is 11.8. The van der Waals surface area contributed by atoms with Crippen molar-refractivity contribution in [3.63, 3.8) is 0 Å². The Labute approximate surface area is 120 Å². The van der Waals surface area contributed by atoms with E-state index < -0.39 is 0 Å². The largest absolute Gasteiger partial charge is 0.350 e. The van der Waals surface area contributed by atoms with Crippen LogP contribution in [0.1, 0.15) is 44.2 Å². The Morgan fingerprint density at radius 3 is 2.85 bits per heavy atom. The van der Waals surface area contributed by atoms with Crippen LogP contribution in [-0.4, -0.2) is 30.0 Å². The van der Waals surface area contributed by atoms with Crippen LogP contribution in [0.5, 0.6) is 0 Å². The SMILES string of the molecule is CN(C)c1nccc(CNC(=O)CCC2CCCC2)n1. The number of amides is 1. The summed E-state index contributed by atoms with van der Waals surface area (Å²) in [6, 6.07) is 1.84. The quantitative estimate of drug-likeness (QED) is 0.864. The Balaban J connectivity index is 1.73. The van der Waals surface area contributed by atoms with Crippen molar-refractivity contribution in [2.24, 2.45) is 5.92 Å². The van der Waals surface area contributed by atoms with Crippen LogP contribution in [0.25, 0.3) is 0 Å². The molecule has 0 saturated heterocycles. The maximum Gasteiger partial charge on any atom is 0.225 e. The van der Waals surface area contributed by atoms with E-state index in [2.05, 4.69) is 15.3 Å². The Bertz CT molecular complexity index is 441. The second-order valence-corrected chi connectivity index (χ2v) is 5.71. The third-order valence-electron chi connectivity index (χ3n) is 3.82. The van der Waals surface area contributed by atoms with Gasteiger partial charge in [-0.3, -0.25) is 4.79 Å². The van der Waals surface area contributed by atoms with Gasteiger partial charge in [-0.15, -0.1) is 0 Å². The van der Waals surface area contributed by atoms with E-state index in [9.17, 15) is 4.79 Å². The van der Waals surface area contributed by atoms with E-state index in [0.29, 0.717) is 18.9 Å². The van der Waals surface area contributed by atoms with Crippen LogP contribution in [0.15, 0.2) is 12.3 Å². The molecule has 110 valence electrons. The van der Waals surface area contributed by atoms with Gasteiger partial charge in [-0.25, -0.2) is 9.97 Å². The molecule has 0 spiro atoms. The molecule has 2 rings (SSSR count). The Hall–Kier alpha value is -1.65. The molecule has 0 aromatic carbocycles. The van der Waals surface area contributed by atoms with E-state index >= 15 is 0 Å². The van der Waals surface area contributed by atoms with Gasteiger partial charge in [0.05, 0.1) is 12.2 Å². The van der Waals surface area contributed by atoms with Crippen molar-refractivity contribution in [1.82, 2.24) is 15.3 Å². The molecular weight excluding hydrogens is 252 g/mol. The van der Waals surface area contributed by atoms with Crippen LogP contribution in [-0.2, 0) is 11.3 Å². The normalized spacial score (nSPS) is 15.3. The maximum atomic E-state index is 11.8. The predicted molar refractivity (Wildman–Crippen MR) is 79.4 cm³/mol. The topological polar surface area (TPSA) is 58.1 Å². The highest BCUT2D eigenvalue weighted by atomic mass is 16.1. The molecule has 1 saturated carbocycles. The molecule has 0 bridgehead atoms. The third-order valence-corrected chi connectivity index (χ3v) is 3.82. The van der Waals surface area contributed by atoms with Crippen LogP contribution in [0.2, 0.25) is 0 Å². The van der Waals surface area contributed by atoms with Gasteiger partial charge in [0.25, 0.3) is 0 Å². The fraction of sp³-hybridized carbons (Fsp3) is 0.667. The van der Waals surface area contributed by atoms with Crippen molar-refractivity contribution in [1.29, 1.82) is 0 Å². The van der Waals surface area contributed by atoms with Gasteiger partial charge in [0.1, 0.15) is 0 Å². The van der Waals surface area contributed by atoms with E-state index in [4.69, 9.17) is 0 Å². The number of nitrogens with one attached hydrogen (secondary N) is 1. The monoisotopic (exact) mass is 276 g/mol. The molecule has 1 fully saturated rings. The lowest BCUT2D eigenvalue weighted by atomic mass is 10.0. The van der Waals surface area contributed by atoms with Gasteiger partial charge in [0.2, 0.25) is 11.9 Å². The number of hydrogen-bond acceptors (Lipinski definition) is 4. The lowest BCUT2D eigenvalue weighted by Crippen LogP contribution is -2.24. The molecule has 5 heteroatoms. The Kier molecular flexibility index (Phi) is 5.32. The number of rotatable bonds is 6. The van der Waals surface area contributed by atoms with Crippen molar-refractivity contribution >= 4 is 11.9 Å². The molecule has 20 heavy (non-hydrogen) atoms. The van der Waals surface area contributed by atoms with Crippen LogP contribution < -0.4 is 10.2 Å². The van der Waals surface area contributed by atoms with Crippen molar-refractivity contribution in [3.8, 4) is 0 Å². The highest BCUT2D eigenvalue weighted by Gasteiger charge is 2.16. The van der Waals surface area contributed by atoms with Crippen molar-refractivity contribution in [3.05, 3.63) is 18.0 Å². The zero-order valence-electron chi connectivity index (χ0n) is 12.4. The van der Waals surface area contributed by atoms with Crippen LogP contribution in [0, 0.1) is 5.92 Å². The lowest BCUT2D eigenvalue weighted by molar-refractivity contribution is -0.121.